The van der Waals surface area contributed by atoms with Crippen molar-refractivity contribution in [2.45, 2.75) is 88.6 Å². The Kier molecular flexibility index (Phi) is 21.6. The smallest absolute Gasteiger partial charge is 0.183 e. The molecule has 18 heteroatoms. The number of anilines is 4. The van der Waals surface area contributed by atoms with E-state index in [1.807, 2.05) is 12.1 Å². The molecule has 4 aromatic rings. The molecule has 2 saturated carbocycles. The van der Waals surface area contributed by atoms with Crippen LogP contribution >= 0.6 is 15.9 Å². The predicted molar refractivity (Wildman–Crippen MR) is 228 cm³/mol. The SMILES string of the molecule is N#CBr.Nc1cc(=O)cc[nH]1.Nc1cc(OC2CCCC2)ccn1.Nc1cc(OC2CCNC2)ccn1.OC1CCCC1.[C-]#[N+]N1CCC(Oc2ccnc(N)c2)C1. The number of aliphatic hydroxyl groups is 1. The number of ether oxygens (including phenoxy) is 3. The number of aromatic amines is 1. The summed E-state index contributed by atoms with van der Waals surface area (Å²) in [5, 5.41) is 20.9. The normalized spacial score (nSPS) is 18.0. The molecule has 2 saturated heterocycles. The number of halogens is 1. The standard InChI is InChI=1S/C10H12N4O.C10H14N2O.C9H13N3O.C5H6N2O.C5H10O.CBrN/c1-12-14-5-3-9(7-14)15-8-2-4-13-10(11)6-8;11-10-7-9(5-6-12-10)13-8-3-1-2-4-8;10-9-5-7(2-4-12-9)13-8-1-3-11-6-8;6-5-3-4(8)1-2-7-5;6-5-3-1-2-4-5;2-1-3/h2,4,6,9H,3,5,7H2,(H2,11,13);5-8H,1-4H2,(H2,11,12);2,4-5,8,11H,1,3,6H2,(H2,10,12);1-3H,(H3,6,7,8);5-6H,1-4H2;. The van der Waals surface area contributed by atoms with Gasteiger partial charge in [0.15, 0.2) is 5.43 Å². The molecule has 2 aliphatic carbocycles. The van der Waals surface area contributed by atoms with Crippen LogP contribution in [0.2, 0.25) is 0 Å². The molecule has 58 heavy (non-hydrogen) atoms. The molecule has 8 rings (SSSR count). The molecule has 2 aliphatic heterocycles. The first-order chi connectivity index (χ1) is 28.1. The molecule has 0 aromatic carbocycles. The fourth-order valence-electron chi connectivity index (χ4n) is 6.08. The molecule has 17 nitrogen and oxygen atoms in total. The zero-order chi connectivity index (χ0) is 42.0. The van der Waals surface area contributed by atoms with Crippen LogP contribution < -0.4 is 47.9 Å². The van der Waals surface area contributed by atoms with Gasteiger partial charge in [-0.05, 0) is 69.7 Å². The van der Waals surface area contributed by atoms with E-state index < -0.39 is 0 Å². The summed E-state index contributed by atoms with van der Waals surface area (Å²) in [6.07, 6.45) is 18.7. The molecule has 0 amide bonds. The maximum Gasteiger partial charge on any atom is 0.183 e. The molecule has 11 N–H and O–H groups in total. The highest BCUT2D eigenvalue weighted by molar-refractivity contribution is 9.12. The molecule has 4 aliphatic rings. The maximum atomic E-state index is 10.4. The lowest BCUT2D eigenvalue weighted by atomic mass is 10.3. The Bertz CT molecular complexity index is 1830. The van der Waals surface area contributed by atoms with Gasteiger partial charge in [0.05, 0.1) is 18.8 Å². The lowest BCUT2D eigenvalue weighted by Crippen LogP contribution is -2.20. The summed E-state index contributed by atoms with van der Waals surface area (Å²) in [5.41, 5.74) is 21.7. The number of aromatic nitrogens is 4. The van der Waals surface area contributed by atoms with E-state index in [4.69, 9.17) is 54.1 Å². The Labute approximate surface area is 348 Å². The Morgan fingerprint density at radius 3 is 1.66 bits per heavy atom. The third-order valence-electron chi connectivity index (χ3n) is 8.87. The first-order valence-corrected chi connectivity index (χ1v) is 20.0. The van der Waals surface area contributed by atoms with Crippen molar-refractivity contribution >= 4 is 39.2 Å². The number of nitrogens with zero attached hydrogens (tertiary/aromatic N) is 6. The summed E-state index contributed by atoms with van der Waals surface area (Å²) in [6, 6.07) is 13.4. The van der Waals surface area contributed by atoms with Crippen molar-refractivity contribution in [2.24, 2.45) is 0 Å². The van der Waals surface area contributed by atoms with Gasteiger partial charge in [-0.2, -0.15) is 16.8 Å². The second-order valence-electron chi connectivity index (χ2n) is 13.5. The van der Waals surface area contributed by atoms with E-state index in [-0.39, 0.29) is 23.7 Å². The Hall–Kier alpha value is -5.82. The number of aliphatic hydroxyl groups excluding tert-OH is 1. The predicted octanol–water partition coefficient (Wildman–Crippen LogP) is 5.08. The van der Waals surface area contributed by atoms with Crippen LogP contribution in [0, 0.1) is 16.8 Å². The second-order valence-corrected chi connectivity index (χ2v) is 13.9. The minimum absolute atomic E-state index is 0.0463. The number of rotatable bonds is 6. The summed E-state index contributed by atoms with van der Waals surface area (Å²) in [7, 11) is 0. The highest BCUT2D eigenvalue weighted by Gasteiger charge is 2.26. The molecule has 0 radical (unpaired) electrons. The summed E-state index contributed by atoms with van der Waals surface area (Å²) >= 11 is 2.45. The van der Waals surface area contributed by atoms with E-state index in [9.17, 15) is 4.79 Å². The number of H-pyrrole nitrogens is 1. The van der Waals surface area contributed by atoms with Gasteiger partial charge in [-0.1, -0.05) is 12.8 Å². The van der Waals surface area contributed by atoms with Crippen molar-refractivity contribution in [1.29, 1.82) is 5.26 Å². The van der Waals surface area contributed by atoms with Gasteiger partial charge in [-0.25, -0.2) is 15.0 Å². The second kappa shape index (κ2) is 26.9. The van der Waals surface area contributed by atoms with Crippen LogP contribution in [-0.4, -0.2) is 80.6 Å². The minimum Gasteiger partial charge on any atom is -0.490 e. The average Bonchev–Trinajstić information content (AvgIpc) is 4.04. The van der Waals surface area contributed by atoms with Gasteiger partial charge < -0.3 is 52.6 Å². The minimum atomic E-state index is -0.0683. The molecule has 312 valence electrons. The van der Waals surface area contributed by atoms with Crippen LogP contribution in [0.25, 0.3) is 4.95 Å². The number of nitriles is 1. The number of pyridine rings is 4. The van der Waals surface area contributed by atoms with Crippen molar-refractivity contribution in [2.75, 3.05) is 49.1 Å². The first kappa shape index (κ1) is 46.6. The van der Waals surface area contributed by atoms with Gasteiger partial charge in [-0.15, -0.1) is 5.01 Å². The molecule has 2 atom stereocenters. The number of hydrogen-bond donors (Lipinski definition) is 7. The van der Waals surface area contributed by atoms with Crippen LogP contribution in [0.4, 0.5) is 23.3 Å². The zero-order valence-electron chi connectivity index (χ0n) is 32.6. The fourth-order valence-corrected chi connectivity index (χ4v) is 6.08. The highest BCUT2D eigenvalue weighted by atomic mass is 79.9. The zero-order valence-corrected chi connectivity index (χ0v) is 34.2. The lowest BCUT2D eigenvalue weighted by Gasteiger charge is -2.12. The van der Waals surface area contributed by atoms with Gasteiger partial charge in [0, 0.05) is 84.0 Å². The number of nitrogen functional groups attached to an aromatic ring is 4. The van der Waals surface area contributed by atoms with Crippen molar-refractivity contribution in [3.8, 4) is 22.2 Å². The monoisotopic (exact) mass is 862 g/mol. The molecule has 2 unspecified atom stereocenters. The van der Waals surface area contributed by atoms with E-state index in [1.165, 1.54) is 56.9 Å². The summed E-state index contributed by atoms with van der Waals surface area (Å²) < 4.78 is 17.1. The molecule has 4 fully saturated rings. The van der Waals surface area contributed by atoms with Crippen LogP contribution in [-0.2, 0) is 0 Å². The van der Waals surface area contributed by atoms with Gasteiger partial charge >= 0.3 is 0 Å². The molecule has 6 heterocycles. The quantitative estimate of drug-likeness (QED) is 0.125. The lowest BCUT2D eigenvalue weighted by molar-refractivity contribution is 0.183. The van der Waals surface area contributed by atoms with Gasteiger partial charge in [-0.3, -0.25) is 4.79 Å². The molecule has 4 aromatic heterocycles. The van der Waals surface area contributed by atoms with Gasteiger partial charge in [0.2, 0.25) is 0 Å². The molecule has 0 spiro atoms. The van der Waals surface area contributed by atoms with Crippen molar-refractivity contribution < 1.29 is 19.3 Å². The van der Waals surface area contributed by atoms with Gasteiger partial charge in [0.1, 0.15) is 64.3 Å². The first-order valence-electron chi connectivity index (χ1n) is 19.2. The van der Waals surface area contributed by atoms with E-state index in [0.29, 0.717) is 35.9 Å². The summed E-state index contributed by atoms with van der Waals surface area (Å²) in [5.74, 6) is 4.25. The van der Waals surface area contributed by atoms with Gasteiger partial charge in [0.25, 0.3) is 0 Å². The van der Waals surface area contributed by atoms with Crippen molar-refractivity contribution in [3.63, 3.8) is 0 Å². The molecular weight excluding hydrogens is 808 g/mol. The number of nitrogens with two attached hydrogens (primary N) is 4. The van der Waals surface area contributed by atoms with E-state index in [1.54, 1.807) is 52.8 Å². The van der Waals surface area contributed by atoms with E-state index >= 15 is 0 Å². The maximum absolute atomic E-state index is 10.4. The molecule has 0 bridgehead atoms. The summed E-state index contributed by atoms with van der Waals surface area (Å²) in [4.78, 5) is 29.7. The Morgan fingerprint density at radius 1 is 0.776 bits per heavy atom. The number of nitrogens with one attached hydrogen (secondary N) is 2. The van der Waals surface area contributed by atoms with Crippen LogP contribution in [0.1, 0.15) is 64.2 Å². The van der Waals surface area contributed by atoms with E-state index in [2.05, 4.69) is 46.1 Å². The van der Waals surface area contributed by atoms with Crippen molar-refractivity contribution in [3.05, 3.63) is 95.1 Å². The Morgan fingerprint density at radius 2 is 1.28 bits per heavy atom. The largest absolute Gasteiger partial charge is 0.490 e. The van der Waals surface area contributed by atoms with Crippen LogP contribution in [0.3, 0.4) is 0 Å². The third-order valence-corrected chi connectivity index (χ3v) is 8.87. The topological polar surface area (TPSA) is 267 Å². The van der Waals surface area contributed by atoms with Crippen molar-refractivity contribution in [1.82, 2.24) is 30.3 Å². The van der Waals surface area contributed by atoms with Crippen LogP contribution in [0.15, 0.2) is 78.1 Å². The fraction of sp³-hybridized carbons (Fsp3) is 0.450. The number of hydrogen-bond acceptors (Lipinski definition) is 15. The third kappa shape index (κ3) is 19.9. The molecular formula is C40H55BrN12O5. The Balaban J connectivity index is 0.000000196. The van der Waals surface area contributed by atoms with Crippen LogP contribution in [0.5, 0.6) is 17.2 Å². The highest BCUT2D eigenvalue weighted by Crippen LogP contribution is 2.24. The average molecular weight is 864 g/mol. The van der Waals surface area contributed by atoms with E-state index in [0.717, 1.165) is 62.6 Å². The summed E-state index contributed by atoms with van der Waals surface area (Å²) in [6.45, 7) is 10.3.